The summed E-state index contributed by atoms with van der Waals surface area (Å²) < 4.78 is 0. The summed E-state index contributed by atoms with van der Waals surface area (Å²) in [6.45, 7) is 16.4. The highest BCUT2D eigenvalue weighted by molar-refractivity contribution is 4.98. The third-order valence-corrected chi connectivity index (χ3v) is 4.92. The van der Waals surface area contributed by atoms with Gasteiger partial charge in [-0.1, -0.05) is 41.0 Å². The van der Waals surface area contributed by atoms with Gasteiger partial charge in [0.1, 0.15) is 0 Å². The Kier molecular flexibility index (Phi) is 6.13. The molecule has 1 fully saturated rings. The molecule has 0 spiro atoms. The van der Waals surface area contributed by atoms with E-state index in [2.05, 4.69) is 51.8 Å². The van der Waals surface area contributed by atoms with Crippen LogP contribution < -0.4 is 5.32 Å². The third-order valence-electron chi connectivity index (χ3n) is 4.92. The van der Waals surface area contributed by atoms with E-state index in [4.69, 9.17) is 0 Å². The molecule has 0 heterocycles. The molecule has 1 N–H and O–H groups in total. The van der Waals surface area contributed by atoms with Gasteiger partial charge in [-0.25, -0.2) is 0 Å². The molecule has 3 unspecified atom stereocenters. The average Bonchev–Trinajstić information content (AvgIpc) is 2.33. The molecule has 1 rings (SSSR count). The monoisotopic (exact) mass is 254 g/mol. The van der Waals surface area contributed by atoms with Gasteiger partial charge in [-0.2, -0.15) is 0 Å². The third kappa shape index (κ3) is 3.48. The van der Waals surface area contributed by atoms with Crippen LogP contribution in [0.5, 0.6) is 0 Å². The topological polar surface area (TPSA) is 15.3 Å². The van der Waals surface area contributed by atoms with Crippen molar-refractivity contribution in [3.63, 3.8) is 0 Å². The molecule has 0 radical (unpaired) electrons. The lowest BCUT2D eigenvalue weighted by Crippen LogP contribution is -2.60. The predicted octanol–water partition coefficient (Wildman–Crippen LogP) is 3.66. The van der Waals surface area contributed by atoms with Crippen molar-refractivity contribution in [1.82, 2.24) is 10.2 Å². The van der Waals surface area contributed by atoms with E-state index in [1.165, 1.54) is 32.2 Å². The summed E-state index contributed by atoms with van der Waals surface area (Å²) in [4.78, 5) is 2.73. The van der Waals surface area contributed by atoms with Gasteiger partial charge in [0.25, 0.3) is 0 Å². The predicted molar refractivity (Wildman–Crippen MR) is 81.0 cm³/mol. The Bertz CT molecular complexity index is 237. The van der Waals surface area contributed by atoms with Gasteiger partial charge < -0.3 is 5.32 Å². The van der Waals surface area contributed by atoms with Crippen LogP contribution in [-0.2, 0) is 0 Å². The fraction of sp³-hybridized carbons (Fsp3) is 1.00. The molecule has 2 heteroatoms. The number of rotatable bonds is 6. The number of hydrogen-bond acceptors (Lipinski definition) is 2. The molecule has 0 aromatic rings. The van der Waals surface area contributed by atoms with Gasteiger partial charge in [0.15, 0.2) is 0 Å². The first kappa shape index (κ1) is 16.0. The second-order valence-electron chi connectivity index (χ2n) is 6.57. The zero-order valence-electron chi connectivity index (χ0n) is 13.4. The van der Waals surface area contributed by atoms with E-state index in [1.54, 1.807) is 0 Å². The SMILES string of the molecule is CCNC1C(N(CC)C(C)CC)CCCC1(C)C. The van der Waals surface area contributed by atoms with Gasteiger partial charge in [0.2, 0.25) is 0 Å². The van der Waals surface area contributed by atoms with E-state index in [-0.39, 0.29) is 0 Å². The average molecular weight is 254 g/mol. The molecular formula is C16H34N2. The molecule has 108 valence electrons. The maximum Gasteiger partial charge on any atom is 0.0274 e. The fourth-order valence-corrected chi connectivity index (χ4v) is 3.71. The zero-order valence-corrected chi connectivity index (χ0v) is 13.4. The Morgan fingerprint density at radius 3 is 2.44 bits per heavy atom. The van der Waals surface area contributed by atoms with E-state index in [9.17, 15) is 0 Å². The second kappa shape index (κ2) is 6.91. The molecule has 0 aromatic carbocycles. The quantitative estimate of drug-likeness (QED) is 0.778. The molecule has 18 heavy (non-hydrogen) atoms. The summed E-state index contributed by atoms with van der Waals surface area (Å²) in [6.07, 6.45) is 5.36. The molecule has 3 atom stereocenters. The Balaban J connectivity index is 2.87. The summed E-state index contributed by atoms with van der Waals surface area (Å²) in [5.74, 6) is 0. The molecule has 0 amide bonds. The molecule has 0 saturated heterocycles. The summed E-state index contributed by atoms with van der Waals surface area (Å²) >= 11 is 0. The van der Waals surface area contributed by atoms with Crippen LogP contribution >= 0.6 is 0 Å². The molecule has 0 bridgehead atoms. The van der Waals surface area contributed by atoms with Crippen molar-refractivity contribution in [2.45, 2.75) is 85.4 Å². The summed E-state index contributed by atoms with van der Waals surface area (Å²) in [6, 6.07) is 2.06. The van der Waals surface area contributed by atoms with Crippen LogP contribution in [0.2, 0.25) is 0 Å². The van der Waals surface area contributed by atoms with Gasteiger partial charge >= 0.3 is 0 Å². The minimum atomic E-state index is 0.430. The van der Waals surface area contributed by atoms with E-state index in [0.717, 1.165) is 6.54 Å². The van der Waals surface area contributed by atoms with Crippen LogP contribution in [-0.4, -0.2) is 36.1 Å². The molecule has 1 saturated carbocycles. The molecule has 0 aromatic heterocycles. The van der Waals surface area contributed by atoms with E-state index in [1.807, 2.05) is 0 Å². The van der Waals surface area contributed by atoms with Crippen LogP contribution in [0.3, 0.4) is 0 Å². The van der Waals surface area contributed by atoms with Crippen molar-refractivity contribution in [3.05, 3.63) is 0 Å². The van der Waals surface area contributed by atoms with Crippen molar-refractivity contribution in [2.24, 2.45) is 5.41 Å². The Labute approximate surface area is 115 Å². The minimum absolute atomic E-state index is 0.430. The van der Waals surface area contributed by atoms with Crippen molar-refractivity contribution in [2.75, 3.05) is 13.1 Å². The van der Waals surface area contributed by atoms with Gasteiger partial charge in [0, 0.05) is 18.1 Å². The molecular weight excluding hydrogens is 220 g/mol. The first-order chi connectivity index (χ1) is 8.47. The van der Waals surface area contributed by atoms with Gasteiger partial charge in [0.05, 0.1) is 0 Å². The number of likely N-dealkylation sites (N-methyl/N-ethyl adjacent to an activating group) is 2. The van der Waals surface area contributed by atoms with Gasteiger partial charge in [-0.05, 0) is 44.7 Å². The largest absolute Gasteiger partial charge is 0.312 e. The van der Waals surface area contributed by atoms with E-state index < -0.39 is 0 Å². The molecule has 0 aliphatic heterocycles. The second-order valence-corrected chi connectivity index (χ2v) is 6.57. The van der Waals surface area contributed by atoms with Crippen LogP contribution in [0.1, 0.15) is 67.2 Å². The maximum absolute atomic E-state index is 3.78. The van der Waals surface area contributed by atoms with E-state index in [0.29, 0.717) is 23.5 Å². The lowest BCUT2D eigenvalue weighted by molar-refractivity contribution is 0.0299. The lowest BCUT2D eigenvalue weighted by Gasteiger charge is -2.50. The Hall–Kier alpha value is -0.0800. The zero-order chi connectivity index (χ0) is 13.8. The van der Waals surface area contributed by atoms with Crippen LogP contribution in [0.15, 0.2) is 0 Å². The van der Waals surface area contributed by atoms with Crippen molar-refractivity contribution >= 4 is 0 Å². The number of hydrogen-bond donors (Lipinski definition) is 1. The molecule has 1 aliphatic carbocycles. The minimum Gasteiger partial charge on any atom is -0.312 e. The number of nitrogens with one attached hydrogen (secondary N) is 1. The molecule has 2 nitrogen and oxygen atoms in total. The van der Waals surface area contributed by atoms with E-state index >= 15 is 0 Å². The summed E-state index contributed by atoms with van der Waals surface area (Å²) in [5, 5.41) is 3.78. The Morgan fingerprint density at radius 1 is 1.28 bits per heavy atom. The highest BCUT2D eigenvalue weighted by Gasteiger charge is 2.41. The van der Waals surface area contributed by atoms with Crippen molar-refractivity contribution in [3.8, 4) is 0 Å². The van der Waals surface area contributed by atoms with Gasteiger partial charge in [-0.15, -0.1) is 0 Å². The van der Waals surface area contributed by atoms with Crippen LogP contribution in [0.25, 0.3) is 0 Å². The lowest BCUT2D eigenvalue weighted by atomic mass is 9.70. The normalized spacial score (nSPS) is 29.5. The fourth-order valence-electron chi connectivity index (χ4n) is 3.71. The highest BCUT2D eigenvalue weighted by Crippen LogP contribution is 2.38. The van der Waals surface area contributed by atoms with Crippen molar-refractivity contribution in [1.29, 1.82) is 0 Å². The summed E-state index contributed by atoms with van der Waals surface area (Å²) in [7, 11) is 0. The van der Waals surface area contributed by atoms with Gasteiger partial charge in [-0.3, -0.25) is 4.90 Å². The van der Waals surface area contributed by atoms with Crippen LogP contribution in [0, 0.1) is 5.41 Å². The highest BCUT2D eigenvalue weighted by atomic mass is 15.2. The summed E-state index contributed by atoms with van der Waals surface area (Å²) in [5.41, 5.74) is 0.430. The number of nitrogens with zero attached hydrogens (tertiary/aromatic N) is 1. The first-order valence-corrected chi connectivity index (χ1v) is 7.97. The van der Waals surface area contributed by atoms with Crippen molar-refractivity contribution < 1.29 is 0 Å². The Morgan fingerprint density at radius 2 is 1.94 bits per heavy atom. The molecule has 1 aliphatic rings. The smallest absolute Gasteiger partial charge is 0.0274 e. The standard InChI is InChI=1S/C16H34N2/c1-7-13(4)18(9-3)14-11-10-12-16(5,6)15(14)17-8-2/h13-15,17H,7-12H2,1-6H3. The maximum atomic E-state index is 3.78. The first-order valence-electron chi connectivity index (χ1n) is 7.97. The van der Waals surface area contributed by atoms with Crippen LogP contribution in [0.4, 0.5) is 0 Å².